The molecule has 0 atom stereocenters. The van der Waals surface area contributed by atoms with Crippen molar-refractivity contribution in [1.82, 2.24) is 30.4 Å². The van der Waals surface area contributed by atoms with Gasteiger partial charge in [-0.15, -0.1) is 0 Å². The van der Waals surface area contributed by atoms with E-state index < -0.39 is 42.2 Å². The second-order valence-corrected chi connectivity index (χ2v) is 15.5. The van der Waals surface area contributed by atoms with E-state index in [-0.39, 0.29) is 19.8 Å². The maximum Gasteiger partial charge on any atom is 2.00 e. The molecule has 0 aliphatic rings. The average molecular weight is 1030 g/mol. The molecule has 0 bridgehead atoms. The number of benzene rings is 4. The molecule has 0 aliphatic heterocycles. The second kappa shape index (κ2) is 23.8. The molecule has 0 aliphatic carbocycles. The van der Waals surface area contributed by atoms with Crippen molar-refractivity contribution in [3.8, 4) is 51.1 Å². The fourth-order valence-corrected chi connectivity index (χ4v) is 6.96. The third-order valence-electron chi connectivity index (χ3n) is 8.91. The van der Waals surface area contributed by atoms with Crippen molar-refractivity contribution in [1.29, 1.82) is 5.26 Å². The Morgan fingerprint density at radius 2 is 1.00 bits per heavy atom. The van der Waals surface area contributed by atoms with E-state index in [0.717, 1.165) is 22.5 Å². The summed E-state index contributed by atoms with van der Waals surface area (Å²) in [7, 11) is -4.28. The van der Waals surface area contributed by atoms with Gasteiger partial charge < -0.3 is 20.1 Å². The molecule has 8 rings (SSSR count). The molecule has 61 heavy (non-hydrogen) atoms. The number of hydrogen-bond acceptors (Lipinski definition) is 5. The van der Waals surface area contributed by atoms with E-state index in [0.29, 0.717) is 33.5 Å². The number of rotatable bonds is 6. The van der Waals surface area contributed by atoms with Crippen LogP contribution in [0.25, 0.3) is 49.9 Å². The summed E-state index contributed by atoms with van der Waals surface area (Å²) in [6, 6.07) is 42.0. The molecule has 8 nitrogen and oxygen atoms in total. The van der Waals surface area contributed by atoms with Gasteiger partial charge in [-0.25, -0.2) is 5.10 Å². The van der Waals surface area contributed by atoms with E-state index in [1.165, 1.54) is 33.4 Å². The van der Waals surface area contributed by atoms with E-state index in [1.807, 2.05) is 42.7 Å². The Hall–Kier alpha value is -5.92. The van der Waals surface area contributed by atoms with E-state index in [2.05, 4.69) is 99.3 Å². The molecular weight excluding hydrogens is 965 g/mol. The number of pyridine rings is 2. The summed E-state index contributed by atoms with van der Waals surface area (Å²) in [5.74, 6) is 0.297. The number of aryl methyl sites for hydroxylation is 4. The third kappa shape index (κ3) is 13.5. The van der Waals surface area contributed by atoms with Crippen LogP contribution < -0.4 is 20.8 Å². The zero-order chi connectivity index (χ0) is 53.0. The molecule has 0 saturated heterocycles. The molecular formula is C50H48N8OsP2. The van der Waals surface area contributed by atoms with Crippen molar-refractivity contribution in [3.05, 3.63) is 185 Å². The molecule has 0 unspecified atom stereocenters. The van der Waals surface area contributed by atoms with Crippen LogP contribution in [0, 0.1) is 45.6 Å². The van der Waals surface area contributed by atoms with Gasteiger partial charge in [0.2, 0.25) is 0 Å². The monoisotopic (exact) mass is 1030 g/mol. The Balaban J connectivity index is 0.000000213. The Bertz CT molecular complexity index is 2830. The summed E-state index contributed by atoms with van der Waals surface area (Å²) < 4.78 is 87.4. The van der Waals surface area contributed by atoms with Gasteiger partial charge >= 0.3 is 19.8 Å². The smallest absolute Gasteiger partial charge is 0.573 e. The van der Waals surface area contributed by atoms with Gasteiger partial charge in [0.1, 0.15) is 11.8 Å². The maximum absolute atomic E-state index is 8.78. The standard InChI is InChI=1S/2C17H13N4.2C8H11P.Os/c1-11-5-4-6-12(2)17(11)13-7-8-14(19-10-13)15-9-16(18-3)21-20-15;1-11-4-3-5-12(2)17(11)13-6-7-15(19-10-13)16-8-14(9-18)20-21-16;2*1-9(2)8-6-4-3-5-7-8;/h4-10H,1-2H3;3-8,10H,1-2H3;2*3-7H,1-2H3;/q2*-1;;;+2/i;;2*1D3,2D3;. The van der Waals surface area contributed by atoms with Gasteiger partial charge in [0.15, 0.2) is 0 Å². The first-order chi connectivity index (χ1) is 33.8. The van der Waals surface area contributed by atoms with Crippen LogP contribution in [0.4, 0.5) is 5.82 Å². The number of nitrogens with zero attached hydrogens (tertiary/aromatic N) is 8. The Kier molecular flexibility index (Phi) is 12.8. The largest absolute Gasteiger partial charge is 2.00 e. The van der Waals surface area contributed by atoms with Gasteiger partial charge in [-0.1, -0.05) is 143 Å². The summed E-state index contributed by atoms with van der Waals surface area (Å²) >= 11 is 0. The average Bonchev–Trinajstić information content (AvgIpc) is 4.00. The molecule has 0 amide bonds. The fraction of sp³-hybridized carbons (Fsp3) is 0.160. The van der Waals surface area contributed by atoms with Crippen molar-refractivity contribution >= 4 is 32.3 Å². The Morgan fingerprint density at radius 3 is 1.34 bits per heavy atom. The van der Waals surface area contributed by atoms with E-state index in [1.54, 1.807) is 72.8 Å². The molecule has 0 N–H and O–H groups in total. The minimum Gasteiger partial charge on any atom is -0.573 e. The molecule has 0 saturated carbocycles. The summed E-state index contributed by atoms with van der Waals surface area (Å²) in [5, 5.41) is 25.0. The minimum atomic E-state index is -2.44. The summed E-state index contributed by atoms with van der Waals surface area (Å²) in [6.07, 6.45) is 3.68. The van der Waals surface area contributed by atoms with Crippen molar-refractivity contribution in [2.75, 3.05) is 26.4 Å². The normalized spacial score (nSPS) is 13.8. The van der Waals surface area contributed by atoms with Crippen LogP contribution in [-0.4, -0.2) is 46.5 Å². The summed E-state index contributed by atoms with van der Waals surface area (Å²) in [5.41, 5.74) is 12.5. The molecule has 8 aromatic rings. The van der Waals surface area contributed by atoms with Crippen LogP contribution in [0.1, 0.15) is 44.4 Å². The fourth-order valence-electron chi connectivity index (χ4n) is 6.02. The Morgan fingerprint density at radius 1 is 0.574 bits per heavy atom. The first-order valence-corrected chi connectivity index (χ1v) is 21.1. The van der Waals surface area contributed by atoms with Crippen LogP contribution in [0.15, 0.2) is 146 Å². The SMILES string of the molecule is Cc1cccc(C)c1-c1ccc(-c2cc(C#N)n[n-]2)nc1.[2H]C([2H])([2H])P(c1ccccc1)C([2H])([2H])[2H].[2H]C([2H])([2H])P(c1ccccc1)C([2H])([2H])[2H].[C-]#[N+]c1cc(-c2ccc(-c3c(C)cccc3C)cn2)[n-]n1.[Os+2]. The van der Waals surface area contributed by atoms with Gasteiger partial charge in [0.05, 0.1) is 0 Å². The maximum atomic E-state index is 8.78. The zero-order valence-corrected chi connectivity index (χ0v) is 38.0. The van der Waals surface area contributed by atoms with Crippen LogP contribution in [0.5, 0.6) is 0 Å². The molecule has 11 heteroatoms. The molecule has 4 heterocycles. The van der Waals surface area contributed by atoms with E-state index >= 15 is 0 Å². The number of hydrogen-bond donors (Lipinski definition) is 0. The first-order valence-electron chi connectivity index (χ1n) is 24.4. The topological polar surface area (TPSA) is 108 Å². The van der Waals surface area contributed by atoms with E-state index in [4.69, 9.17) is 28.3 Å². The van der Waals surface area contributed by atoms with Crippen molar-refractivity contribution in [2.45, 2.75) is 27.7 Å². The number of aromatic nitrogens is 6. The summed E-state index contributed by atoms with van der Waals surface area (Å²) in [6.45, 7) is 5.53. The van der Waals surface area contributed by atoms with Crippen LogP contribution in [0.2, 0.25) is 0 Å². The molecule has 0 radical (unpaired) electrons. The summed E-state index contributed by atoms with van der Waals surface area (Å²) in [4.78, 5) is 12.1. The van der Waals surface area contributed by atoms with Gasteiger partial charge in [0, 0.05) is 51.4 Å². The van der Waals surface area contributed by atoms with Gasteiger partial charge in [-0.2, -0.15) is 5.26 Å². The Labute approximate surface area is 393 Å². The van der Waals surface area contributed by atoms with Crippen LogP contribution in [-0.2, 0) is 19.8 Å². The van der Waals surface area contributed by atoms with Gasteiger partial charge in [-0.05, 0) is 122 Å². The third-order valence-corrected chi connectivity index (χ3v) is 10.5. The second-order valence-electron chi connectivity index (χ2n) is 13.2. The first kappa shape index (κ1) is 32.8. The predicted molar refractivity (Wildman–Crippen MR) is 252 cm³/mol. The molecule has 0 spiro atoms. The van der Waals surface area contributed by atoms with Gasteiger partial charge in [-0.3, -0.25) is 9.97 Å². The van der Waals surface area contributed by atoms with Gasteiger partial charge in [0.25, 0.3) is 5.82 Å². The predicted octanol–water partition coefficient (Wildman–Crippen LogP) is 11.3. The van der Waals surface area contributed by atoms with Crippen molar-refractivity contribution in [2.24, 2.45) is 0 Å². The minimum absolute atomic E-state index is 0. The molecule has 0 fully saturated rings. The van der Waals surface area contributed by atoms with Crippen molar-refractivity contribution < 1.29 is 36.2 Å². The van der Waals surface area contributed by atoms with Crippen molar-refractivity contribution in [3.63, 3.8) is 0 Å². The zero-order valence-electron chi connectivity index (χ0n) is 45.7. The molecule has 306 valence electrons. The number of nitriles is 1. The molecule has 4 aromatic carbocycles. The van der Waals surface area contributed by atoms with Crippen LogP contribution in [0.3, 0.4) is 0 Å². The van der Waals surface area contributed by atoms with Crippen LogP contribution >= 0.6 is 15.8 Å². The quantitative estimate of drug-likeness (QED) is 0.121. The van der Waals surface area contributed by atoms with E-state index in [9.17, 15) is 0 Å². The molecule has 4 aromatic heterocycles.